The van der Waals surface area contributed by atoms with Gasteiger partial charge in [-0.1, -0.05) is 72.8 Å². The van der Waals surface area contributed by atoms with Crippen molar-refractivity contribution < 1.29 is 4.74 Å². The summed E-state index contributed by atoms with van der Waals surface area (Å²) in [6.07, 6.45) is 0. The fraction of sp³-hybridized carbons (Fsp3) is 0. The average Bonchev–Trinajstić information content (AvgIpc) is 2.73. The molecule has 0 bridgehead atoms. The van der Waals surface area contributed by atoms with E-state index in [0.717, 1.165) is 33.7 Å². The van der Waals surface area contributed by atoms with Crippen molar-refractivity contribution in [3.63, 3.8) is 0 Å². The van der Waals surface area contributed by atoms with Crippen LogP contribution in [0.15, 0.2) is 103 Å². The first-order valence-electron chi connectivity index (χ1n) is 8.99. The number of benzene rings is 4. The first kappa shape index (κ1) is 15.6. The minimum absolute atomic E-state index is 0.759. The van der Waals surface area contributed by atoms with E-state index in [1.165, 1.54) is 10.8 Å². The van der Waals surface area contributed by atoms with E-state index in [2.05, 4.69) is 54.6 Å². The molecule has 2 nitrogen and oxygen atoms in total. The monoisotopic (exact) mass is 347 g/mol. The van der Waals surface area contributed by atoms with Gasteiger partial charge in [-0.25, -0.2) is 4.98 Å². The van der Waals surface area contributed by atoms with Crippen LogP contribution < -0.4 is 4.74 Å². The molecule has 0 aliphatic rings. The molecule has 0 unspecified atom stereocenters. The van der Waals surface area contributed by atoms with Crippen LogP contribution in [0.4, 0.5) is 0 Å². The number of ether oxygens (including phenoxy) is 1. The molecule has 0 atom stereocenters. The lowest BCUT2D eigenvalue weighted by Crippen LogP contribution is -1.93. The van der Waals surface area contributed by atoms with Gasteiger partial charge in [0.05, 0.1) is 5.52 Å². The maximum absolute atomic E-state index is 6.22. The van der Waals surface area contributed by atoms with Crippen molar-refractivity contribution >= 4 is 21.7 Å². The predicted octanol–water partition coefficient (Wildman–Crippen LogP) is 6.85. The highest BCUT2D eigenvalue weighted by Crippen LogP contribution is 2.35. The summed E-state index contributed by atoms with van der Waals surface area (Å²) in [7, 11) is 0. The number of pyridine rings is 1. The second kappa shape index (κ2) is 6.58. The van der Waals surface area contributed by atoms with Gasteiger partial charge < -0.3 is 4.74 Å². The summed E-state index contributed by atoms with van der Waals surface area (Å²) in [4.78, 5) is 4.97. The van der Waals surface area contributed by atoms with Crippen LogP contribution in [0.3, 0.4) is 0 Å². The Morgan fingerprint density at radius 1 is 0.556 bits per heavy atom. The lowest BCUT2D eigenvalue weighted by molar-refractivity contribution is 0.483. The van der Waals surface area contributed by atoms with Crippen LogP contribution in [0.5, 0.6) is 11.5 Å². The third-order valence-corrected chi connectivity index (χ3v) is 4.67. The smallest absolute Gasteiger partial charge is 0.154 e. The van der Waals surface area contributed by atoms with Crippen molar-refractivity contribution in [2.75, 3.05) is 0 Å². The van der Waals surface area contributed by atoms with Crippen LogP contribution in [-0.2, 0) is 0 Å². The Morgan fingerprint density at radius 3 is 1.93 bits per heavy atom. The van der Waals surface area contributed by atoms with Gasteiger partial charge in [0.2, 0.25) is 0 Å². The van der Waals surface area contributed by atoms with Crippen LogP contribution in [0.25, 0.3) is 32.9 Å². The molecule has 0 spiro atoms. The molecule has 27 heavy (non-hydrogen) atoms. The van der Waals surface area contributed by atoms with E-state index in [4.69, 9.17) is 9.72 Å². The van der Waals surface area contributed by atoms with Crippen molar-refractivity contribution in [3.05, 3.63) is 103 Å². The maximum atomic E-state index is 6.22. The number of para-hydroxylation sites is 1. The molecule has 0 aliphatic carbocycles. The third kappa shape index (κ3) is 3.02. The maximum Gasteiger partial charge on any atom is 0.154 e. The minimum atomic E-state index is 0.759. The molecule has 1 aromatic heterocycles. The molecule has 0 amide bonds. The van der Waals surface area contributed by atoms with Gasteiger partial charge in [0.1, 0.15) is 11.4 Å². The highest BCUT2D eigenvalue weighted by molar-refractivity contribution is 5.98. The van der Waals surface area contributed by atoms with E-state index in [1.54, 1.807) is 0 Å². The number of aromatic nitrogens is 1. The van der Waals surface area contributed by atoms with Gasteiger partial charge in [-0.05, 0) is 41.1 Å². The van der Waals surface area contributed by atoms with Gasteiger partial charge in [0.15, 0.2) is 5.75 Å². The summed E-state index contributed by atoms with van der Waals surface area (Å²) in [6, 6.07) is 34.8. The number of nitrogens with zero attached hydrogens (tertiary/aromatic N) is 1. The number of fused-ring (bicyclic) bond motifs is 2. The summed E-state index contributed by atoms with van der Waals surface area (Å²) in [5.41, 5.74) is 2.86. The largest absolute Gasteiger partial charge is 0.455 e. The fourth-order valence-corrected chi connectivity index (χ4v) is 3.34. The van der Waals surface area contributed by atoms with Crippen LogP contribution in [-0.4, -0.2) is 4.98 Å². The zero-order chi connectivity index (χ0) is 18.1. The summed E-state index contributed by atoms with van der Waals surface area (Å²) >= 11 is 0. The van der Waals surface area contributed by atoms with Crippen molar-refractivity contribution in [1.29, 1.82) is 0 Å². The van der Waals surface area contributed by atoms with Gasteiger partial charge >= 0.3 is 0 Å². The summed E-state index contributed by atoms with van der Waals surface area (Å²) in [5.74, 6) is 1.56. The van der Waals surface area contributed by atoms with Crippen LogP contribution in [0, 0.1) is 0 Å². The number of rotatable bonds is 3. The molecular weight excluding hydrogens is 330 g/mol. The van der Waals surface area contributed by atoms with Gasteiger partial charge in [0.25, 0.3) is 0 Å². The SMILES string of the molecule is c1ccc(Oc2cc3cc4ccccc4cc3nc2-c2ccccc2)cc1. The summed E-state index contributed by atoms with van der Waals surface area (Å²) in [6.45, 7) is 0. The molecule has 5 aromatic rings. The molecule has 0 saturated carbocycles. The predicted molar refractivity (Wildman–Crippen MR) is 111 cm³/mol. The zero-order valence-electron chi connectivity index (χ0n) is 14.7. The van der Waals surface area contributed by atoms with Crippen LogP contribution in [0.1, 0.15) is 0 Å². The van der Waals surface area contributed by atoms with Gasteiger partial charge in [-0.15, -0.1) is 0 Å². The summed E-state index contributed by atoms with van der Waals surface area (Å²) in [5, 5.41) is 3.46. The first-order chi connectivity index (χ1) is 13.4. The Balaban J connectivity index is 1.75. The van der Waals surface area contributed by atoms with Gasteiger partial charge in [0, 0.05) is 10.9 Å². The fourth-order valence-electron chi connectivity index (χ4n) is 3.34. The van der Waals surface area contributed by atoms with E-state index in [9.17, 15) is 0 Å². The molecule has 4 aromatic carbocycles. The van der Waals surface area contributed by atoms with E-state index in [1.807, 2.05) is 48.5 Å². The lowest BCUT2D eigenvalue weighted by Gasteiger charge is -2.13. The standard InChI is InChI=1S/C25H17NO/c1-3-9-18(10-4-1)25-24(27-22-13-5-2-6-14-22)17-21-15-19-11-7-8-12-20(19)16-23(21)26-25/h1-17H. The first-order valence-corrected chi connectivity index (χ1v) is 8.99. The van der Waals surface area contributed by atoms with Crippen LogP contribution >= 0.6 is 0 Å². The quantitative estimate of drug-likeness (QED) is 0.333. The molecular formula is C25H17NO. The van der Waals surface area contributed by atoms with Gasteiger partial charge in [-0.2, -0.15) is 0 Å². The van der Waals surface area contributed by atoms with E-state index < -0.39 is 0 Å². The highest BCUT2D eigenvalue weighted by atomic mass is 16.5. The molecule has 0 aliphatic heterocycles. The molecule has 1 heterocycles. The highest BCUT2D eigenvalue weighted by Gasteiger charge is 2.12. The van der Waals surface area contributed by atoms with Crippen molar-refractivity contribution in [3.8, 4) is 22.8 Å². The van der Waals surface area contributed by atoms with E-state index in [-0.39, 0.29) is 0 Å². The van der Waals surface area contributed by atoms with Crippen molar-refractivity contribution in [2.45, 2.75) is 0 Å². The molecule has 5 rings (SSSR count). The molecule has 0 radical (unpaired) electrons. The Kier molecular flexibility index (Phi) is 3.80. The number of hydrogen-bond donors (Lipinski definition) is 0. The van der Waals surface area contributed by atoms with Crippen molar-refractivity contribution in [2.24, 2.45) is 0 Å². The van der Waals surface area contributed by atoms with E-state index >= 15 is 0 Å². The second-order valence-electron chi connectivity index (χ2n) is 6.51. The lowest BCUT2D eigenvalue weighted by atomic mass is 10.0. The topological polar surface area (TPSA) is 22.1 Å². The second-order valence-corrected chi connectivity index (χ2v) is 6.51. The number of hydrogen-bond acceptors (Lipinski definition) is 2. The average molecular weight is 347 g/mol. The normalized spacial score (nSPS) is 11.0. The van der Waals surface area contributed by atoms with Gasteiger partial charge in [-0.3, -0.25) is 0 Å². The Hall–Kier alpha value is -3.65. The third-order valence-electron chi connectivity index (χ3n) is 4.67. The summed E-state index contributed by atoms with van der Waals surface area (Å²) < 4.78 is 6.22. The zero-order valence-corrected chi connectivity index (χ0v) is 14.7. The molecule has 0 saturated heterocycles. The molecule has 0 N–H and O–H groups in total. The Labute approximate surface area is 157 Å². The molecule has 0 fully saturated rings. The molecule has 2 heteroatoms. The molecule has 128 valence electrons. The van der Waals surface area contributed by atoms with E-state index in [0.29, 0.717) is 0 Å². The van der Waals surface area contributed by atoms with Crippen LogP contribution in [0.2, 0.25) is 0 Å². The Bertz CT molecular complexity index is 1230. The van der Waals surface area contributed by atoms with Crippen molar-refractivity contribution in [1.82, 2.24) is 4.98 Å². The minimum Gasteiger partial charge on any atom is -0.455 e. The Morgan fingerprint density at radius 2 is 1.19 bits per heavy atom.